The second-order valence-corrected chi connectivity index (χ2v) is 6.86. The molecule has 0 unspecified atom stereocenters. The molecule has 0 spiro atoms. The van der Waals surface area contributed by atoms with Crippen molar-refractivity contribution in [2.75, 3.05) is 20.3 Å². The highest BCUT2D eigenvalue weighted by atomic mass is 16.5. The minimum atomic E-state index is -0.664. The molecule has 0 atom stereocenters. The molecule has 4 heteroatoms. The van der Waals surface area contributed by atoms with Crippen LogP contribution in [0.15, 0.2) is 12.2 Å². The van der Waals surface area contributed by atoms with Crippen LogP contribution >= 0.6 is 0 Å². The fourth-order valence-corrected chi connectivity index (χ4v) is 2.57. The molecule has 156 valence electrons. The molecular weight excluding hydrogens is 326 g/mol. The van der Waals surface area contributed by atoms with Gasteiger partial charge in [-0.05, 0) is 45.1 Å². The van der Waals surface area contributed by atoms with Gasteiger partial charge in [0.1, 0.15) is 0 Å². The molecule has 3 N–H and O–H groups in total. The third kappa shape index (κ3) is 31.0. The highest BCUT2D eigenvalue weighted by Crippen LogP contribution is 2.09. The second-order valence-electron chi connectivity index (χ2n) is 6.86. The Morgan fingerprint density at radius 3 is 1.77 bits per heavy atom. The quantitative estimate of drug-likeness (QED) is 0.226. The van der Waals surface area contributed by atoms with E-state index < -0.39 is 5.97 Å². The number of hydrogen-bond acceptors (Lipinski definition) is 3. The molecule has 0 aromatic heterocycles. The summed E-state index contributed by atoms with van der Waals surface area (Å²) in [4.78, 5) is 10.3. The molecule has 0 aromatic rings. The van der Waals surface area contributed by atoms with E-state index in [1.807, 2.05) is 0 Å². The van der Waals surface area contributed by atoms with Crippen molar-refractivity contribution in [3.8, 4) is 0 Å². The molecule has 0 fully saturated rings. The number of carbonyl (C=O) groups is 1. The highest BCUT2D eigenvalue weighted by Gasteiger charge is 1.95. The number of ether oxygens (including phenoxy) is 1. The summed E-state index contributed by atoms with van der Waals surface area (Å²) < 4.78 is 4.70. The Labute approximate surface area is 162 Å². The molecule has 0 aliphatic rings. The average molecular weight is 372 g/mol. The molecular formula is C22H45NO3. The molecule has 0 radical (unpaired) electrons. The molecule has 0 aromatic carbocycles. The van der Waals surface area contributed by atoms with Gasteiger partial charge >= 0.3 is 5.97 Å². The number of methoxy groups -OCH3 is 1. The van der Waals surface area contributed by atoms with Gasteiger partial charge < -0.3 is 15.6 Å². The van der Waals surface area contributed by atoms with Gasteiger partial charge in [0.15, 0.2) is 0 Å². The lowest BCUT2D eigenvalue weighted by Crippen LogP contribution is -2.01. The van der Waals surface area contributed by atoms with E-state index in [1.165, 1.54) is 70.6 Å². The van der Waals surface area contributed by atoms with Gasteiger partial charge in [-0.15, -0.1) is 0 Å². The molecule has 26 heavy (non-hydrogen) atoms. The van der Waals surface area contributed by atoms with Gasteiger partial charge in [0.2, 0.25) is 0 Å². The lowest BCUT2D eigenvalue weighted by molar-refractivity contribution is -0.137. The van der Waals surface area contributed by atoms with E-state index in [9.17, 15) is 4.79 Å². The summed E-state index contributed by atoms with van der Waals surface area (Å²) in [5, 5.41) is 8.51. The lowest BCUT2D eigenvalue weighted by atomic mass is 10.1. The molecule has 0 amide bonds. The number of carboxylic acids is 1. The van der Waals surface area contributed by atoms with E-state index in [1.54, 1.807) is 7.11 Å². The van der Waals surface area contributed by atoms with Crippen LogP contribution in [0.1, 0.15) is 103 Å². The van der Waals surface area contributed by atoms with Gasteiger partial charge in [0, 0.05) is 20.1 Å². The summed E-state index contributed by atoms with van der Waals surface area (Å²) in [6.45, 7) is 3.78. The number of allylic oxidation sites excluding steroid dienone is 2. The SMILES string of the molecule is CCCCCCCCC=CCCCCCCCC(=O)O.COCCCN. The zero-order valence-electron chi connectivity index (χ0n) is 17.5. The normalized spacial score (nSPS) is 10.7. The number of aliphatic carboxylic acids is 1. The molecule has 0 bridgehead atoms. The second kappa shape index (κ2) is 26.4. The topological polar surface area (TPSA) is 72.5 Å². The first-order chi connectivity index (χ1) is 12.7. The lowest BCUT2D eigenvalue weighted by Gasteiger charge is -1.99. The van der Waals surface area contributed by atoms with Crippen molar-refractivity contribution in [3.63, 3.8) is 0 Å². The van der Waals surface area contributed by atoms with E-state index in [-0.39, 0.29) is 0 Å². The molecule has 0 heterocycles. The first-order valence-electron chi connectivity index (χ1n) is 10.7. The van der Waals surface area contributed by atoms with Crippen LogP contribution in [0.25, 0.3) is 0 Å². The van der Waals surface area contributed by atoms with Gasteiger partial charge in [-0.1, -0.05) is 70.4 Å². The van der Waals surface area contributed by atoms with Crippen molar-refractivity contribution in [1.29, 1.82) is 0 Å². The Bertz CT molecular complexity index is 289. The third-order valence-electron chi connectivity index (χ3n) is 4.21. The molecule has 0 saturated heterocycles. The molecule has 0 rings (SSSR count). The van der Waals surface area contributed by atoms with E-state index in [0.717, 1.165) is 32.4 Å². The number of rotatable bonds is 18. The number of nitrogens with two attached hydrogens (primary N) is 1. The maximum absolute atomic E-state index is 10.3. The molecule has 4 nitrogen and oxygen atoms in total. The predicted molar refractivity (Wildman–Crippen MR) is 113 cm³/mol. The Morgan fingerprint density at radius 1 is 0.846 bits per heavy atom. The van der Waals surface area contributed by atoms with Gasteiger partial charge in [0.05, 0.1) is 0 Å². The first-order valence-corrected chi connectivity index (χ1v) is 10.7. The molecule has 0 aliphatic heterocycles. The Morgan fingerprint density at radius 2 is 1.35 bits per heavy atom. The van der Waals surface area contributed by atoms with Crippen LogP contribution in [0.3, 0.4) is 0 Å². The smallest absolute Gasteiger partial charge is 0.303 e. The Kier molecular flexibility index (Phi) is 27.7. The van der Waals surface area contributed by atoms with Crippen LogP contribution in [0.5, 0.6) is 0 Å². The number of hydrogen-bond donors (Lipinski definition) is 2. The summed E-state index contributed by atoms with van der Waals surface area (Å²) in [5.74, 6) is -0.664. The zero-order valence-corrected chi connectivity index (χ0v) is 17.5. The maximum Gasteiger partial charge on any atom is 0.303 e. The van der Waals surface area contributed by atoms with Crippen LogP contribution in [0.4, 0.5) is 0 Å². The van der Waals surface area contributed by atoms with E-state index in [4.69, 9.17) is 15.6 Å². The van der Waals surface area contributed by atoms with Gasteiger partial charge in [-0.3, -0.25) is 4.79 Å². The minimum Gasteiger partial charge on any atom is -0.481 e. The van der Waals surface area contributed by atoms with Crippen molar-refractivity contribution >= 4 is 5.97 Å². The fourth-order valence-electron chi connectivity index (χ4n) is 2.57. The van der Waals surface area contributed by atoms with Crippen molar-refractivity contribution in [3.05, 3.63) is 12.2 Å². The van der Waals surface area contributed by atoms with Crippen LogP contribution < -0.4 is 5.73 Å². The first kappa shape index (κ1) is 27.3. The van der Waals surface area contributed by atoms with Gasteiger partial charge in [-0.25, -0.2) is 0 Å². The van der Waals surface area contributed by atoms with Crippen LogP contribution in [0, 0.1) is 0 Å². The van der Waals surface area contributed by atoms with E-state index in [0.29, 0.717) is 6.42 Å². The summed E-state index contributed by atoms with van der Waals surface area (Å²) in [6, 6.07) is 0. The number of carboxylic acid groups (broad SMARTS) is 1. The van der Waals surface area contributed by atoms with Crippen LogP contribution in [0.2, 0.25) is 0 Å². The third-order valence-corrected chi connectivity index (χ3v) is 4.21. The summed E-state index contributed by atoms with van der Waals surface area (Å²) in [5.41, 5.74) is 5.13. The van der Waals surface area contributed by atoms with Gasteiger partial charge in [-0.2, -0.15) is 0 Å². The summed E-state index contributed by atoms with van der Waals surface area (Å²) in [6.07, 6.45) is 22.2. The van der Waals surface area contributed by atoms with Crippen LogP contribution in [-0.2, 0) is 9.53 Å². The average Bonchev–Trinajstić information content (AvgIpc) is 2.63. The van der Waals surface area contributed by atoms with E-state index in [2.05, 4.69) is 19.1 Å². The van der Waals surface area contributed by atoms with Crippen molar-refractivity contribution in [2.24, 2.45) is 5.73 Å². The summed E-state index contributed by atoms with van der Waals surface area (Å²) in [7, 11) is 1.68. The minimum absolute atomic E-state index is 0.332. The highest BCUT2D eigenvalue weighted by molar-refractivity contribution is 5.66. The largest absolute Gasteiger partial charge is 0.481 e. The maximum atomic E-state index is 10.3. The molecule has 0 aliphatic carbocycles. The van der Waals surface area contributed by atoms with Crippen molar-refractivity contribution in [2.45, 2.75) is 103 Å². The zero-order chi connectivity index (χ0) is 19.7. The van der Waals surface area contributed by atoms with E-state index >= 15 is 0 Å². The Hall–Kier alpha value is -0.870. The van der Waals surface area contributed by atoms with Crippen molar-refractivity contribution in [1.82, 2.24) is 0 Å². The molecule has 0 saturated carbocycles. The monoisotopic (exact) mass is 371 g/mol. The summed E-state index contributed by atoms with van der Waals surface area (Å²) >= 11 is 0. The fraction of sp³-hybridized carbons (Fsp3) is 0.864. The predicted octanol–water partition coefficient (Wildman–Crippen LogP) is 6.09. The Balaban J connectivity index is 0. The number of unbranched alkanes of at least 4 members (excludes halogenated alkanes) is 11. The van der Waals surface area contributed by atoms with Gasteiger partial charge in [0.25, 0.3) is 0 Å². The standard InChI is InChI=1S/C18H34O2.C4H11NO/c1-2-3-4-5-6-7-8-9-10-11-12-13-14-15-16-17-18(19)20;1-6-4-2-3-5/h9-10H,2-8,11-17H2,1H3,(H,19,20);2-5H2,1H3. The van der Waals surface area contributed by atoms with Crippen molar-refractivity contribution < 1.29 is 14.6 Å². The van der Waals surface area contributed by atoms with Crippen LogP contribution in [-0.4, -0.2) is 31.3 Å².